The van der Waals surface area contributed by atoms with Crippen LogP contribution in [0.5, 0.6) is 0 Å². The fourth-order valence-electron chi connectivity index (χ4n) is 0.810. The van der Waals surface area contributed by atoms with Crippen molar-refractivity contribution in [3.63, 3.8) is 0 Å². The largest absolute Gasteiger partial charge is 0.462 e. The van der Waals surface area contributed by atoms with E-state index < -0.39 is 5.97 Å². The van der Waals surface area contributed by atoms with Crippen molar-refractivity contribution >= 4 is 5.97 Å². The lowest BCUT2D eigenvalue weighted by molar-refractivity contribution is -0.139. The first-order chi connectivity index (χ1) is 6.67. The zero-order valence-corrected chi connectivity index (χ0v) is 8.67. The number of ether oxygens (including phenoxy) is 1. The van der Waals surface area contributed by atoms with E-state index in [0.717, 1.165) is 12.8 Å². The van der Waals surface area contributed by atoms with Crippen LogP contribution in [0.15, 0.2) is 23.8 Å². The average molecular weight is 193 g/mol. The summed E-state index contributed by atoms with van der Waals surface area (Å²) in [5, 5.41) is 8.63. The van der Waals surface area contributed by atoms with Crippen molar-refractivity contribution in [2.75, 3.05) is 6.61 Å². The Morgan fingerprint density at radius 2 is 2.29 bits per heavy atom. The maximum atomic E-state index is 11.3. The number of nitrogens with zero attached hydrogens (tertiary/aromatic N) is 1. The summed E-state index contributed by atoms with van der Waals surface area (Å²) in [5.41, 5.74) is 0.588. The molecule has 0 saturated heterocycles. The Hall–Kier alpha value is -1.56. The van der Waals surface area contributed by atoms with Crippen LogP contribution in [0.4, 0.5) is 0 Å². The molecular formula is C11H15NO2. The van der Waals surface area contributed by atoms with Crippen LogP contribution in [0, 0.1) is 11.3 Å². The van der Waals surface area contributed by atoms with Gasteiger partial charge >= 0.3 is 5.97 Å². The van der Waals surface area contributed by atoms with Gasteiger partial charge in [-0.05, 0) is 13.3 Å². The smallest absolute Gasteiger partial charge is 0.335 e. The van der Waals surface area contributed by atoms with Crippen molar-refractivity contribution in [1.82, 2.24) is 0 Å². The van der Waals surface area contributed by atoms with Crippen molar-refractivity contribution in [1.29, 1.82) is 5.26 Å². The number of carbonyl (C=O) groups excluding carboxylic acids is 1. The maximum absolute atomic E-state index is 11.3. The summed E-state index contributed by atoms with van der Waals surface area (Å²) in [6, 6.07) is 1.88. The predicted molar refractivity (Wildman–Crippen MR) is 54.4 cm³/mol. The maximum Gasteiger partial charge on any atom is 0.335 e. The highest BCUT2D eigenvalue weighted by Gasteiger charge is 2.09. The van der Waals surface area contributed by atoms with Crippen LogP contribution in [-0.4, -0.2) is 12.6 Å². The summed E-state index contributed by atoms with van der Waals surface area (Å²) in [5.74, 6) is -0.435. The van der Waals surface area contributed by atoms with E-state index in [4.69, 9.17) is 10.00 Å². The Labute approximate surface area is 84.7 Å². The van der Waals surface area contributed by atoms with Crippen molar-refractivity contribution < 1.29 is 9.53 Å². The van der Waals surface area contributed by atoms with E-state index >= 15 is 0 Å². The molecule has 0 rings (SSSR count). The number of rotatable bonds is 5. The van der Waals surface area contributed by atoms with Gasteiger partial charge in [0.05, 0.1) is 23.8 Å². The van der Waals surface area contributed by atoms with Gasteiger partial charge < -0.3 is 4.74 Å². The van der Waals surface area contributed by atoms with Crippen LogP contribution in [0.3, 0.4) is 0 Å². The molecule has 0 heterocycles. The van der Waals surface area contributed by atoms with Crippen LogP contribution in [0.1, 0.15) is 26.7 Å². The first-order valence-corrected chi connectivity index (χ1v) is 4.57. The fourth-order valence-corrected chi connectivity index (χ4v) is 0.810. The van der Waals surface area contributed by atoms with E-state index in [1.807, 2.05) is 13.0 Å². The van der Waals surface area contributed by atoms with Crippen LogP contribution in [0.25, 0.3) is 0 Å². The van der Waals surface area contributed by atoms with Gasteiger partial charge in [0.2, 0.25) is 0 Å². The minimum Gasteiger partial charge on any atom is -0.462 e. The Kier molecular flexibility index (Phi) is 6.13. The molecule has 0 aliphatic rings. The van der Waals surface area contributed by atoms with Gasteiger partial charge in [0.25, 0.3) is 0 Å². The normalized spacial score (nSPS) is 11.2. The van der Waals surface area contributed by atoms with E-state index in [1.165, 1.54) is 6.08 Å². The van der Waals surface area contributed by atoms with E-state index in [2.05, 4.69) is 6.58 Å². The Morgan fingerprint density at radius 3 is 2.71 bits per heavy atom. The molecule has 0 aromatic heterocycles. The molecule has 0 aliphatic heterocycles. The fraction of sp³-hybridized carbons (Fsp3) is 0.455. The SMILES string of the molecule is C=CC(C#N)=C(C)C(=O)OCCCC. The minimum atomic E-state index is -0.435. The molecule has 3 nitrogen and oxygen atoms in total. The first kappa shape index (κ1) is 12.4. The molecule has 0 radical (unpaired) electrons. The van der Waals surface area contributed by atoms with Gasteiger partial charge in [0, 0.05) is 0 Å². The Morgan fingerprint density at radius 1 is 1.64 bits per heavy atom. The highest BCUT2D eigenvalue weighted by Crippen LogP contribution is 2.06. The molecule has 0 spiro atoms. The summed E-state index contributed by atoms with van der Waals surface area (Å²) >= 11 is 0. The summed E-state index contributed by atoms with van der Waals surface area (Å²) in [4.78, 5) is 11.3. The highest BCUT2D eigenvalue weighted by atomic mass is 16.5. The summed E-state index contributed by atoms with van der Waals surface area (Å²) < 4.78 is 4.93. The van der Waals surface area contributed by atoms with E-state index in [9.17, 15) is 4.79 Å². The average Bonchev–Trinajstić information content (AvgIpc) is 2.19. The first-order valence-electron chi connectivity index (χ1n) is 4.57. The summed E-state index contributed by atoms with van der Waals surface area (Å²) in [7, 11) is 0. The van der Waals surface area contributed by atoms with Gasteiger partial charge in [-0.25, -0.2) is 4.79 Å². The van der Waals surface area contributed by atoms with E-state index in [-0.39, 0.29) is 5.57 Å². The molecule has 0 bridgehead atoms. The molecule has 0 atom stereocenters. The highest BCUT2D eigenvalue weighted by molar-refractivity contribution is 5.90. The van der Waals surface area contributed by atoms with Gasteiger partial charge in [-0.15, -0.1) is 0 Å². The monoisotopic (exact) mass is 193 g/mol. The van der Waals surface area contributed by atoms with Gasteiger partial charge in [0.15, 0.2) is 0 Å². The van der Waals surface area contributed by atoms with Gasteiger partial charge in [-0.2, -0.15) is 5.26 Å². The number of unbranched alkanes of at least 4 members (excludes halogenated alkanes) is 1. The number of allylic oxidation sites excluding steroid dienone is 2. The number of esters is 1. The lowest BCUT2D eigenvalue weighted by Gasteiger charge is -2.04. The van der Waals surface area contributed by atoms with E-state index in [0.29, 0.717) is 12.2 Å². The quantitative estimate of drug-likeness (QED) is 0.221. The standard InChI is InChI=1S/C11H15NO2/c1-4-6-7-14-11(13)9(3)10(5-2)8-12/h5H,2,4,6-7H2,1,3H3. The third kappa shape index (κ3) is 3.90. The third-order valence-corrected chi connectivity index (χ3v) is 1.77. The molecule has 0 unspecified atom stereocenters. The molecule has 0 aromatic rings. The molecule has 0 saturated carbocycles. The zero-order chi connectivity index (χ0) is 11.0. The Balaban J connectivity index is 4.32. The number of hydrogen-bond acceptors (Lipinski definition) is 3. The Bertz CT molecular complexity index is 284. The second kappa shape index (κ2) is 6.90. The second-order valence-electron chi connectivity index (χ2n) is 2.84. The molecule has 0 aromatic carbocycles. The molecule has 14 heavy (non-hydrogen) atoms. The lowest BCUT2D eigenvalue weighted by Crippen LogP contribution is -2.08. The number of nitriles is 1. The number of carbonyl (C=O) groups is 1. The zero-order valence-electron chi connectivity index (χ0n) is 8.67. The third-order valence-electron chi connectivity index (χ3n) is 1.77. The van der Waals surface area contributed by atoms with Crippen molar-refractivity contribution in [2.45, 2.75) is 26.7 Å². The minimum absolute atomic E-state index is 0.270. The second-order valence-corrected chi connectivity index (χ2v) is 2.84. The molecule has 0 aliphatic carbocycles. The summed E-state index contributed by atoms with van der Waals surface area (Å²) in [6.07, 6.45) is 3.17. The molecule has 3 heteroatoms. The topological polar surface area (TPSA) is 50.1 Å². The van der Waals surface area contributed by atoms with E-state index in [1.54, 1.807) is 6.92 Å². The van der Waals surface area contributed by atoms with Crippen LogP contribution in [0.2, 0.25) is 0 Å². The van der Waals surface area contributed by atoms with Crippen molar-refractivity contribution in [2.24, 2.45) is 0 Å². The van der Waals surface area contributed by atoms with Crippen LogP contribution >= 0.6 is 0 Å². The lowest BCUT2D eigenvalue weighted by atomic mass is 10.1. The predicted octanol–water partition coefficient (Wildman–Crippen LogP) is 2.36. The van der Waals surface area contributed by atoms with Gasteiger partial charge in [-0.3, -0.25) is 0 Å². The van der Waals surface area contributed by atoms with Crippen LogP contribution in [-0.2, 0) is 9.53 Å². The molecule has 0 N–H and O–H groups in total. The van der Waals surface area contributed by atoms with Gasteiger partial charge in [-0.1, -0.05) is 26.0 Å². The summed E-state index contributed by atoms with van der Waals surface area (Å²) in [6.45, 7) is 7.43. The molecule has 76 valence electrons. The number of hydrogen-bond donors (Lipinski definition) is 0. The van der Waals surface area contributed by atoms with Crippen molar-refractivity contribution in [3.05, 3.63) is 23.8 Å². The van der Waals surface area contributed by atoms with Crippen molar-refractivity contribution in [3.8, 4) is 6.07 Å². The molecule has 0 amide bonds. The van der Waals surface area contributed by atoms with Gasteiger partial charge in [0.1, 0.15) is 0 Å². The van der Waals surface area contributed by atoms with Crippen LogP contribution < -0.4 is 0 Å². The molecule has 0 fully saturated rings. The molecular weight excluding hydrogens is 178 g/mol.